The summed E-state index contributed by atoms with van der Waals surface area (Å²) in [6.45, 7) is 2.12. The highest BCUT2D eigenvalue weighted by Gasteiger charge is 2.04. The van der Waals surface area contributed by atoms with Gasteiger partial charge >= 0.3 is 0 Å². The van der Waals surface area contributed by atoms with Crippen LogP contribution in [0.5, 0.6) is 0 Å². The summed E-state index contributed by atoms with van der Waals surface area (Å²) in [6.07, 6.45) is 2.09. The minimum atomic E-state index is -0.870. The summed E-state index contributed by atoms with van der Waals surface area (Å²) >= 11 is 5.79. The molecule has 0 N–H and O–H groups in total. The zero-order valence-electron chi connectivity index (χ0n) is 11.6. The van der Waals surface area contributed by atoms with E-state index in [4.69, 9.17) is 11.6 Å². The molecule has 0 heterocycles. The summed E-state index contributed by atoms with van der Waals surface area (Å²) in [5, 5.41) is 0. The van der Waals surface area contributed by atoms with Crippen molar-refractivity contribution < 1.29 is 4.21 Å². The minimum Gasteiger partial charge on any atom is -0.254 e. The van der Waals surface area contributed by atoms with Gasteiger partial charge in [-0.25, -0.2) is 0 Å². The van der Waals surface area contributed by atoms with E-state index in [1.54, 1.807) is 0 Å². The van der Waals surface area contributed by atoms with Gasteiger partial charge in [0, 0.05) is 16.5 Å². The van der Waals surface area contributed by atoms with Crippen LogP contribution in [0.3, 0.4) is 0 Å². The van der Waals surface area contributed by atoms with Crippen molar-refractivity contribution >= 4 is 22.4 Å². The van der Waals surface area contributed by atoms with E-state index in [0.29, 0.717) is 5.88 Å². The molecule has 0 aliphatic carbocycles. The zero-order valence-corrected chi connectivity index (χ0v) is 13.2. The first-order valence-electron chi connectivity index (χ1n) is 6.88. The molecular formula is C17H19ClOS. The summed E-state index contributed by atoms with van der Waals surface area (Å²) in [5.41, 5.74) is 3.42. The van der Waals surface area contributed by atoms with Crippen molar-refractivity contribution in [1.29, 1.82) is 0 Å². The lowest BCUT2D eigenvalue weighted by Gasteiger charge is -2.05. The molecule has 0 aliphatic rings. The van der Waals surface area contributed by atoms with Gasteiger partial charge in [0.15, 0.2) is 0 Å². The van der Waals surface area contributed by atoms with Crippen molar-refractivity contribution in [2.75, 3.05) is 5.75 Å². The van der Waals surface area contributed by atoms with E-state index in [0.717, 1.165) is 40.2 Å². The van der Waals surface area contributed by atoms with Crippen LogP contribution in [-0.2, 0) is 16.7 Å². The molecule has 20 heavy (non-hydrogen) atoms. The first-order valence-corrected chi connectivity index (χ1v) is 8.73. The molecule has 2 aromatic carbocycles. The Balaban J connectivity index is 2.12. The normalized spacial score (nSPS) is 12.3. The number of halogens is 1. The van der Waals surface area contributed by atoms with Gasteiger partial charge in [0.25, 0.3) is 0 Å². The van der Waals surface area contributed by atoms with E-state index in [1.165, 1.54) is 0 Å². The molecule has 0 aromatic heterocycles. The van der Waals surface area contributed by atoms with Gasteiger partial charge in [0.05, 0.1) is 10.8 Å². The summed E-state index contributed by atoms with van der Waals surface area (Å²) in [7, 11) is -0.870. The lowest BCUT2D eigenvalue weighted by molar-refractivity contribution is 0.679. The molecule has 0 spiro atoms. The SMILES string of the molecule is CCCCS(=O)c1ccc(-c2ccc(CCl)cc2)cc1. The van der Waals surface area contributed by atoms with Crippen LogP contribution in [0, 0.1) is 0 Å². The van der Waals surface area contributed by atoms with E-state index in [1.807, 2.05) is 36.4 Å². The molecule has 1 unspecified atom stereocenters. The Morgan fingerprint density at radius 1 is 0.950 bits per heavy atom. The Labute approximate surface area is 128 Å². The average molecular weight is 307 g/mol. The second kappa shape index (κ2) is 7.61. The van der Waals surface area contributed by atoms with Gasteiger partial charge in [0.2, 0.25) is 0 Å². The Hall–Kier alpha value is -1.12. The van der Waals surface area contributed by atoms with Crippen LogP contribution < -0.4 is 0 Å². The van der Waals surface area contributed by atoms with Crippen LogP contribution in [0.25, 0.3) is 11.1 Å². The standard InChI is InChI=1S/C17H19ClOS/c1-2-3-12-20(19)17-10-8-16(9-11-17)15-6-4-14(13-18)5-7-15/h4-11H,2-3,12-13H2,1H3. The average Bonchev–Trinajstić information content (AvgIpc) is 2.53. The molecule has 0 fully saturated rings. The van der Waals surface area contributed by atoms with Crippen molar-refractivity contribution in [2.24, 2.45) is 0 Å². The van der Waals surface area contributed by atoms with Gasteiger partial charge in [-0.05, 0) is 35.2 Å². The van der Waals surface area contributed by atoms with Crippen LogP contribution >= 0.6 is 11.6 Å². The molecule has 2 aromatic rings. The molecule has 1 atom stereocenters. The third kappa shape index (κ3) is 3.94. The van der Waals surface area contributed by atoms with Crippen LogP contribution in [0.1, 0.15) is 25.3 Å². The Morgan fingerprint density at radius 2 is 1.50 bits per heavy atom. The summed E-state index contributed by atoms with van der Waals surface area (Å²) in [6, 6.07) is 16.2. The Morgan fingerprint density at radius 3 is 2.00 bits per heavy atom. The predicted octanol–water partition coefficient (Wildman–Crippen LogP) is 5.00. The van der Waals surface area contributed by atoms with Crippen LogP contribution in [-0.4, -0.2) is 9.96 Å². The molecule has 0 saturated heterocycles. The summed E-state index contributed by atoms with van der Waals surface area (Å²) < 4.78 is 12.0. The maximum atomic E-state index is 12.0. The molecule has 0 aliphatic heterocycles. The van der Waals surface area contributed by atoms with Gasteiger partial charge in [-0.1, -0.05) is 49.7 Å². The maximum absolute atomic E-state index is 12.0. The van der Waals surface area contributed by atoms with Crippen molar-refractivity contribution in [3.8, 4) is 11.1 Å². The second-order valence-corrected chi connectivity index (χ2v) is 6.60. The largest absolute Gasteiger partial charge is 0.254 e. The van der Waals surface area contributed by atoms with Gasteiger partial charge in [0.1, 0.15) is 0 Å². The van der Waals surface area contributed by atoms with Gasteiger partial charge in [-0.15, -0.1) is 11.6 Å². The molecule has 0 bridgehead atoms. The topological polar surface area (TPSA) is 17.1 Å². The highest BCUT2D eigenvalue weighted by Crippen LogP contribution is 2.22. The number of benzene rings is 2. The Bertz CT molecular complexity index is 561. The number of unbranched alkanes of at least 4 members (excludes halogenated alkanes) is 1. The Kier molecular flexibility index (Phi) is 5.81. The first-order chi connectivity index (χ1) is 9.74. The highest BCUT2D eigenvalue weighted by molar-refractivity contribution is 7.85. The van der Waals surface area contributed by atoms with Crippen molar-refractivity contribution in [3.05, 3.63) is 54.1 Å². The fourth-order valence-electron chi connectivity index (χ4n) is 1.98. The van der Waals surface area contributed by atoms with Crippen molar-refractivity contribution in [2.45, 2.75) is 30.5 Å². The molecule has 0 radical (unpaired) electrons. The minimum absolute atomic E-state index is 0.537. The van der Waals surface area contributed by atoms with E-state index < -0.39 is 10.8 Å². The fraction of sp³-hybridized carbons (Fsp3) is 0.294. The second-order valence-electron chi connectivity index (χ2n) is 4.76. The number of hydrogen-bond donors (Lipinski definition) is 0. The first kappa shape index (κ1) is 15.3. The van der Waals surface area contributed by atoms with Crippen molar-refractivity contribution in [3.63, 3.8) is 0 Å². The molecular weight excluding hydrogens is 288 g/mol. The van der Waals surface area contributed by atoms with Crippen LogP contribution in [0.4, 0.5) is 0 Å². The van der Waals surface area contributed by atoms with Crippen LogP contribution in [0.15, 0.2) is 53.4 Å². The zero-order chi connectivity index (χ0) is 14.4. The number of hydrogen-bond acceptors (Lipinski definition) is 1. The third-order valence-corrected chi connectivity index (χ3v) is 5.01. The van der Waals surface area contributed by atoms with Gasteiger partial charge < -0.3 is 0 Å². The van der Waals surface area contributed by atoms with E-state index in [9.17, 15) is 4.21 Å². The molecule has 0 saturated carbocycles. The van der Waals surface area contributed by atoms with Crippen molar-refractivity contribution in [1.82, 2.24) is 0 Å². The van der Waals surface area contributed by atoms with E-state index >= 15 is 0 Å². The highest BCUT2D eigenvalue weighted by atomic mass is 35.5. The van der Waals surface area contributed by atoms with Gasteiger partial charge in [-0.3, -0.25) is 4.21 Å². The summed E-state index contributed by atoms with van der Waals surface area (Å²) in [5.74, 6) is 1.29. The summed E-state index contributed by atoms with van der Waals surface area (Å²) in [4.78, 5) is 0.916. The van der Waals surface area contributed by atoms with Gasteiger partial charge in [-0.2, -0.15) is 0 Å². The predicted molar refractivity (Wildman–Crippen MR) is 87.6 cm³/mol. The molecule has 106 valence electrons. The fourth-order valence-corrected chi connectivity index (χ4v) is 3.38. The lowest BCUT2D eigenvalue weighted by Crippen LogP contribution is -1.97. The third-order valence-electron chi connectivity index (χ3n) is 3.24. The maximum Gasteiger partial charge on any atom is 0.0529 e. The molecule has 2 rings (SSSR count). The van der Waals surface area contributed by atoms with E-state index in [-0.39, 0.29) is 0 Å². The monoisotopic (exact) mass is 306 g/mol. The number of alkyl halides is 1. The smallest absolute Gasteiger partial charge is 0.0529 e. The van der Waals surface area contributed by atoms with Crippen LogP contribution in [0.2, 0.25) is 0 Å². The quantitative estimate of drug-likeness (QED) is 0.686. The molecule has 3 heteroatoms. The van der Waals surface area contributed by atoms with E-state index in [2.05, 4.69) is 19.1 Å². The molecule has 0 amide bonds. The lowest BCUT2D eigenvalue weighted by atomic mass is 10.0. The number of rotatable bonds is 6. The molecule has 1 nitrogen and oxygen atoms in total.